The number of halogens is 2. The van der Waals surface area contributed by atoms with Crippen molar-refractivity contribution in [3.63, 3.8) is 0 Å². The summed E-state index contributed by atoms with van der Waals surface area (Å²) in [6, 6.07) is 9.63. The maximum absolute atomic E-state index is 6.09. The predicted molar refractivity (Wildman–Crippen MR) is 88.3 cm³/mol. The molecule has 1 aromatic carbocycles. The number of rotatable bonds is 4. The first kappa shape index (κ1) is 14.1. The predicted octanol–water partition coefficient (Wildman–Crippen LogP) is 4.50. The average Bonchev–Trinajstić information content (AvgIpc) is 2.98. The van der Waals surface area contributed by atoms with Crippen molar-refractivity contribution in [1.82, 2.24) is 15.2 Å². The summed E-state index contributed by atoms with van der Waals surface area (Å²) in [6.07, 6.45) is 5.38. The number of H-pyrrole nitrogens is 1. The molecule has 2 aromatic heterocycles. The van der Waals surface area contributed by atoms with Crippen molar-refractivity contribution in [1.29, 1.82) is 0 Å². The van der Waals surface area contributed by atoms with Gasteiger partial charge in [0.1, 0.15) is 0 Å². The van der Waals surface area contributed by atoms with Gasteiger partial charge in [0, 0.05) is 30.1 Å². The number of benzene rings is 1. The SMILES string of the molecule is Clc1cccc(NCc2cn[nH]c2-c2cccnc2)c1Br. The van der Waals surface area contributed by atoms with Crippen molar-refractivity contribution in [3.05, 3.63) is 64.0 Å². The van der Waals surface area contributed by atoms with Crippen molar-refractivity contribution >= 4 is 33.2 Å². The van der Waals surface area contributed by atoms with Gasteiger partial charge in [0.15, 0.2) is 0 Å². The van der Waals surface area contributed by atoms with Gasteiger partial charge in [-0.1, -0.05) is 17.7 Å². The highest BCUT2D eigenvalue weighted by molar-refractivity contribution is 9.10. The molecular formula is C15H12BrClN4. The van der Waals surface area contributed by atoms with Crippen molar-refractivity contribution < 1.29 is 0 Å². The van der Waals surface area contributed by atoms with Gasteiger partial charge in [-0.15, -0.1) is 0 Å². The molecule has 0 aliphatic heterocycles. The first-order valence-electron chi connectivity index (χ1n) is 6.36. The fraction of sp³-hybridized carbons (Fsp3) is 0.0667. The average molecular weight is 364 g/mol. The van der Waals surface area contributed by atoms with Crippen molar-refractivity contribution in [2.24, 2.45) is 0 Å². The van der Waals surface area contributed by atoms with Crippen LogP contribution in [0.2, 0.25) is 5.02 Å². The molecule has 0 saturated carbocycles. The minimum atomic E-state index is 0.639. The number of hydrogen-bond donors (Lipinski definition) is 2. The lowest BCUT2D eigenvalue weighted by atomic mass is 10.1. The van der Waals surface area contributed by atoms with E-state index in [1.807, 2.05) is 42.7 Å². The summed E-state index contributed by atoms with van der Waals surface area (Å²) in [6.45, 7) is 0.639. The Hall–Kier alpha value is -1.85. The highest BCUT2D eigenvalue weighted by atomic mass is 79.9. The summed E-state index contributed by atoms with van der Waals surface area (Å²) in [5.74, 6) is 0. The molecule has 0 aliphatic rings. The van der Waals surface area contributed by atoms with Crippen LogP contribution in [-0.4, -0.2) is 15.2 Å². The van der Waals surface area contributed by atoms with Crippen LogP contribution < -0.4 is 5.32 Å². The van der Waals surface area contributed by atoms with Gasteiger partial charge in [0.2, 0.25) is 0 Å². The molecule has 0 unspecified atom stereocenters. The van der Waals surface area contributed by atoms with E-state index in [-0.39, 0.29) is 0 Å². The largest absolute Gasteiger partial charge is 0.380 e. The third kappa shape index (κ3) is 3.09. The minimum Gasteiger partial charge on any atom is -0.380 e. The number of aromatic amines is 1. The van der Waals surface area contributed by atoms with Gasteiger partial charge < -0.3 is 5.32 Å². The van der Waals surface area contributed by atoms with E-state index in [4.69, 9.17) is 11.6 Å². The molecule has 4 nitrogen and oxygen atoms in total. The molecular weight excluding hydrogens is 352 g/mol. The monoisotopic (exact) mass is 362 g/mol. The van der Waals surface area contributed by atoms with Gasteiger partial charge in [-0.2, -0.15) is 5.10 Å². The quantitative estimate of drug-likeness (QED) is 0.717. The highest BCUT2D eigenvalue weighted by Gasteiger charge is 2.09. The lowest BCUT2D eigenvalue weighted by Gasteiger charge is -2.09. The molecule has 2 heterocycles. The number of aromatic nitrogens is 3. The second-order valence-electron chi connectivity index (χ2n) is 4.47. The second kappa shape index (κ2) is 6.28. The first-order valence-corrected chi connectivity index (χ1v) is 7.53. The Balaban J connectivity index is 1.81. The fourth-order valence-electron chi connectivity index (χ4n) is 2.04. The Kier molecular flexibility index (Phi) is 4.22. The topological polar surface area (TPSA) is 53.6 Å². The van der Waals surface area contributed by atoms with Gasteiger partial charge in [0.05, 0.1) is 27.1 Å². The highest BCUT2D eigenvalue weighted by Crippen LogP contribution is 2.30. The molecule has 3 aromatic rings. The molecule has 0 aliphatic carbocycles. The van der Waals surface area contributed by atoms with Crippen LogP contribution in [0.15, 0.2) is 53.4 Å². The van der Waals surface area contributed by atoms with Crippen LogP contribution in [-0.2, 0) is 6.54 Å². The van der Waals surface area contributed by atoms with Crippen LogP contribution in [0.1, 0.15) is 5.56 Å². The maximum atomic E-state index is 6.09. The van der Waals surface area contributed by atoms with Crippen LogP contribution in [0.5, 0.6) is 0 Å². The van der Waals surface area contributed by atoms with E-state index in [0.29, 0.717) is 11.6 Å². The van der Waals surface area contributed by atoms with Crippen molar-refractivity contribution in [3.8, 4) is 11.3 Å². The summed E-state index contributed by atoms with van der Waals surface area (Å²) in [5, 5.41) is 11.2. The van der Waals surface area contributed by atoms with Crippen LogP contribution in [0.4, 0.5) is 5.69 Å². The Morgan fingerprint density at radius 1 is 1.19 bits per heavy atom. The molecule has 3 rings (SSSR count). The number of hydrogen-bond acceptors (Lipinski definition) is 3. The molecule has 6 heteroatoms. The zero-order valence-electron chi connectivity index (χ0n) is 11.0. The molecule has 106 valence electrons. The number of nitrogens with zero attached hydrogens (tertiary/aromatic N) is 2. The lowest BCUT2D eigenvalue weighted by molar-refractivity contribution is 1.09. The van der Waals surface area contributed by atoms with E-state index in [9.17, 15) is 0 Å². The zero-order valence-corrected chi connectivity index (χ0v) is 13.3. The van der Waals surface area contributed by atoms with Gasteiger partial charge in [-0.25, -0.2) is 0 Å². The number of nitrogens with one attached hydrogen (secondary N) is 2. The molecule has 0 saturated heterocycles. The van der Waals surface area contributed by atoms with Crippen LogP contribution in [0.3, 0.4) is 0 Å². The fourth-order valence-corrected chi connectivity index (χ4v) is 2.62. The minimum absolute atomic E-state index is 0.639. The van der Waals surface area contributed by atoms with Crippen molar-refractivity contribution in [2.45, 2.75) is 6.54 Å². The Bertz CT molecular complexity index is 742. The Labute approximate surface area is 135 Å². The summed E-state index contributed by atoms with van der Waals surface area (Å²) < 4.78 is 0.859. The number of pyridine rings is 1. The summed E-state index contributed by atoms with van der Waals surface area (Å²) in [7, 11) is 0. The zero-order chi connectivity index (χ0) is 14.7. The van der Waals surface area contributed by atoms with Crippen LogP contribution in [0.25, 0.3) is 11.3 Å². The van der Waals surface area contributed by atoms with E-state index in [0.717, 1.165) is 27.0 Å². The molecule has 0 atom stereocenters. The second-order valence-corrected chi connectivity index (χ2v) is 5.67. The maximum Gasteiger partial charge on any atom is 0.0715 e. The van der Waals surface area contributed by atoms with Gasteiger partial charge in [0.25, 0.3) is 0 Å². The van der Waals surface area contributed by atoms with Gasteiger partial charge >= 0.3 is 0 Å². The standard InChI is InChI=1S/C15H12BrClN4/c16-14-12(17)4-1-5-13(14)19-8-11-9-20-21-15(11)10-3-2-6-18-7-10/h1-7,9,19H,8H2,(H,20,21). The van der Waals surface area contributed by atoms with E-state index < -0.39 is 0 Å². The molecule has 0 fully saturated rings. The van der Waals surface area contributed by atoms with E-state index in [1.54, 1.807) is 6.20 Å². The molecule has 0 amide bonds. The Morgan fingerprint density at radius 3 is 2.90 bits per heavy atom. The molecule has 0 radical (unpaired) electrons. The van der Waals surface area contributed by atoms with Crippen molar-refractivity contribution in [2.75, 3.05) is 5.32 Å². The van der Waals surface area contributed by atoms with E-state index >= 15 is 0 Å². The van der Waals surface area contributed by atoms with E-state index in [2.05, 4.69) is 36.4 Å². The smallest absolute Gasteiger partial charge is 0.0715 e. The first-order chi connectivity index (χ1) is 10.3. The van der Waals surface area contributed by atoms with Crippen LogP contribution in [0, 0.1) is 0 Å². The molecule has 0 bridgehead atoms. The normalized spacial score (nSPS) is 10.6. The lowest BCUT2D eigenvalue weighted by Crippen LogP contribution is -2.00. The summed E-state index contributed by atoms with van der Waals surface area (Å²) >= 11 is 9.57. The molecule has 21 heavy (non-hydrogen) atoms. The van der Waals surface area contributed by atoms with Crippen LogP contribution >= 0.6 is 27.5 Å². The number of anilines is 1. The Morgan fingerprint density at radius 2 is 2.10 bits per heavy atom. The summed E-state index contributed by atoms with van der Waals surface area (Å²) in [4.78, 5) is 4.13. The third-order valence-electron chi connectivity index (χ3n) is 3.09. The molecule has 0 spiro atoms. The molecule has 2 N–H and O–H groups in total. The third-order valence-corrected chi connectivity index (χ3v) is 4.49. The van der Waals surface area contributed by atoms with E-state index in [1.165, 1.54) is 0 Å². The van der Waals surface area contributed by atoms with Gasteiger partial charge in [-0.3, -0.25) is 10.1 Å². The van der Waals surface area contributed by atoms with Gasteiger partial charge in [-0.05, 0) is 40.2 Å². The summed E-state index contributed by atoms with van der Waals surface area (Å²) in [5.41, 5.74) is 3.99.